The Morgan fingerprint density at radius 1 is 0.607 bits per heavy atom. The molecule has 5 aromatic rings. The monoisotopic (exact) mass is 366 g/mol. The van der Waals surface area contributed by atoms with Crippen molar-refractivity contribution in [1.82, 2.24) is 0 Å². The van der Waals surface area contributed by atoms with E-state index in [1.54, 1.807) is 6.26 Å². The quantitative estimate of drug-likeness (QED) is 0.167. The highest BCUT2D eigenvalue weighted by Gasteiger charge is 2.08. The van der Waals surface area contributed by atoms with E-state index in [0.717, 1.165) is 5.58 Å². The van der Waals surface area contributed by atoms with Crippen LogP contribution in [-0.4, -0.2) is 0 Å². The van der Waals surface area contributed by atoms with E-state index in [2.05, 4.69) is 67.6 Å². The van der Waals surface area contributed by atoms with Crippen molar-refractivity contribution in [2.75, 3.05) is 0 Å². The third-order valence-electron chi connectivity index (χ3n) is 6.04. The van der Waals surface area contributed by atoms with Gasteiger partial charge in [-0.3, -0.25) is 0 Å². The van der Waals surface area contributed by atoms with Gasteiger partial charge in [-0.25, -0.2) is 0 Å². The van der Waals surface area contributed by atoms with E-state index < -0.39 is 0 Å². The molecule has 1 heteroatoms. The molecule has 28 heavy (non-hydrogen) atoms. The van der Waals surface area contributed by atoms with Gasteiger partial charge >= 0.3 is 0 Å². The maximum Gasteiger partial charge on any atom is 0.134 e. The van der Waals surface area contributed by atoms with Crippen LogP contribution in [0.25, 0.3) is 43.3 Å². The molecule has 0 aliphatic rings. The van der Waals surface area contributed by atoms with Gasteiger partial charge in [0.25, 0.3) is 0 Å². The molecule has 0 amide bonds. The first-order chi connectivity index (χ1) is 13.8. The number of furan rings is 1. The molecule has 4 aromatic carbocycles. The second-order valence-corrected chi connectivity index (χ2v) is 7.98. The number of unbranched alkanes of at least 4 members (excludes halogenated alkanes) is 4. The molecule has 0 atom stereocenters. The van der Waals surface area contributed by atoms with Crippen molar-refractivity contribution >= 4 is 43.3 Å². The van der Waals surface area contributed by atoms with Gasteiger partial charge in [0.1, 0.15) is 5.58 Å². The lowest BCUT2D eigenvalue weighted by molar-refractivity contribution is 0.616. The SMILES string of the molecule is CCCCCCCc1ccc2cc3c(ccc4c5ccoc5ccc34)cc2c1. The molecule has 1 nitrogen and oxygen atoms in total. The zero-order valence-electron chi connectivity index (χ0n) is 16.5. The molecule has 140 valence electrons. The van der Waals surface area contributed by atoms with Crippen LogP contribution in [0.3, 0.4) is 0 Å². The van der Waals surface area contributed by atoms with Crippen molar-refractivity contribution in [3.05, 3.63) is 72.5 Å². The summed E-state index contributed by atoms with van der Waals surface area (Å²) in [5.41, 5.74) is 2.42. The molecule has 0 saturated heterocycles. The predicted octanol–water partition coefficient (Wildman–Crippen LogP) is 8.41. The Kier molecular flexibility index (Phi) is 4.52. The van der Waals surface area contributed by atoms with E-state index in [9.17, 15) is 0 Å². The molecule has 1 heterocycles. The second-order valence-electron chi connectivity index (χ2n) is 7.98. The van der Waals surface area contributed by atoms with Crippen LogP contribution in [0.5, 0.6) is 0 Å². The summed E-state index contributed by atoms with van der Waals surface area (Å²) in [6.45, 7) is 2.27. The Morgan fingerprint density at radius 2 is 1.43 bits per heavy atom. The van der Waals surface area contributed by atoms with Gasteiger partial charge in [0.05, 0.1) is 6.26 Å². The van der Waals surface area contributed by atoms with E-state index >= 15 is 0 Å². The molecule has 0 saturated carbocycles. The fraction of sp³-hybridized carbons (Fsp3) is 0.259. The lowest BCUT2D eigenvalue weighted by Gasteiger charge is -2.09. The zero-order valence-corrected chi connectivity index (χ0v) is 16.5. The highest BCUT2D eigenvalue weighted by Crippen LogP contribution is 2.34. The normalized spacial score (nSPS) is 11.9. The van der Waals surface area contributed by atoms with Gasteiger partial charge < -0.3 is 4.42 Å². The van der Waals surface area contributed by atoms with Crippen molar-refractivity contribution in [3.8, 4) is 0 Å². The fourth-order valence-corrected chi connectivity index (χ4v) is 4.48. The first-order valence-corrected chi connectivity index (χ1v) is 10.6. The molecule has 0 spiro atoms. The van der Waals surface area contributed by atoms with Crippen LogP contribution in [0, 0.1) is 0 Å². The average molecular weight is 367 g/mol. The first-order valence-electron chi connectivity index (χ1n) is 10.6. The van der Waals surface area contributed by atoms with Gasteiger partial charge in [0.15, 0.2) is 0 Å². The molecule has 1 aromatic heterocycles. The lowest BCUT2D eigenvalue weighted by atomic mass is 9.95. The molecule has 0 N–H and O–H groups in total. The summed E-state index contributed by atoms with van der Waals surface area (Å²) in [6.07, 6.45) is 9.65. The number of hydrogen-bond acceptors (Lipinski definition) is 1. The zero-order chi connectivity index (χ0) is 18.9. The topological polar surface area (TPSA) is 13.1 Å². The molecule has 0 aliphatic carbocycles. The van der Waals surface area contributed by atoms with E-state index in [1.807, 2.05) is 0 Å². The summed E-state index contributed by atoms with van der Waals surface area (Å²) in [5.74, 6) is 0. The molecule has 5 rings (SSSR count). The van der Waals surface area contributed by atoms with E-state index in [-0.39, 0.29) is 0 Å². The Hall–Kier alpha value is -2.80. The molecular weight excluding hydrogens is 340 g/mol. The number of fused-ring (bicyclic) bond motifs is 6. The standard InChI is InChI=1S/C27H26O/c1-2-3-4-5-6-7-19-8-9-20-18-26-21(17-22(20)16-19)10-11-23-24(26)12-13-27-25(23)14-15-28-27/h8-18H,2-7H2,1H3. The van der Waals surface area contributed by atoms with E-state index in [0.29, 0.717) is 0 Å². The van der Waals surface area contributed by atoms with Gasteiger partial charge in [-0.05, 0) is 75.0 Å². The van der Waals surface area contributed by atoms with Crippen molar-refractivity contribution in [2.24, 2.45) is 0 Å². The molecule has 0 radical (unpaired) electrons. The summed E-state index contributed by atoms with van der Waals surface area (Å²) in [5, 5.41) is 9.06. The average Bonchev–Trinajstić information content (AvgIpc) is 3.21. The highest BCUT2D eigenvalue weighted by molar-refractivity contribution is 6.18. The van der Waals surface area contributed by atoms with Gasteiger partial charge in [-0.15, -0.1) is 0 Å². The minimum Gasteiger partial charge on any atom is -0.464 e. The Morgan fingerprint density at radius 3 is 2.36 bits per heavy atom. The number of aryl methyl sites for hydroxylation is 1. The van der Waals surface area contributed by atoms with E-state index in [4.69, 9.17) is 4.42 Å². The predicted molar refractivity (Wildman–Crippen MR) is 121 cm³/mol. The first kappa shape index (κ1) is 17.3. The summed E-state index contributed by atoms with van der Waals surface area (Å²) >= 11 is 0. The van der Waals surface area contributed by atoms with Crippen LogP contribution in [0.15, 0.2) is 71.3 Å². The van der Waals surface area contributed by atoms with Crippen LogP contribution in [0.4, 0.5) is 0 Å². The highest BCUT2D eigenvalue weighted by atomic mass is 16.3. The van der Waals surface area contributed by atoms with Gasteiger partial charge in [0, 0.05) is 5.39 Å². The molecule has 0 fully saturated rings. The minimum absolute atomic E-state index is 0.955. The largest absolute Gasteiger partial charge is 0.464 e. The summed E-state index contributed by atoms with van der Waals surface area (Å²) in [7, 11) is 0. The van der Waals surface area contributed by atoms with Crippen molar-refractivity contribution in [3.63, 3.8) is 0 Å². The number of hydrogen-bond donors (Lipinski definition) is 0. The second kappa shape index (κ2) is 7.31. The summed E-state index contributed by atoms with van der Waals surface area (Å²) in [6, 6.07) is 22.5. The molecule has 0 bridgehead atoms. The third kappa shape index (κ3) is 3.05. The maximum atomic E-state index is 5.58. The van der Waals surface area contributed by atoms with Gasteiger partial charge in [-0.1, -0.05) is 69.0 Å². The number of benzene rings is 4. The molecule has 0 unspecified atom stereocenters. The van der Waals surface area contributed by atoms with Crippen molar-refractivity contribution in [1.29, 1.82) is 0 Å². The van der Waals surface area contributed by atoms with Gasteiger partial charge in [-0.2, -0.15) is 0 Å². The van der Waals surface area contributed by atoms with Crippen molar-refractivity contribution < 1.29 is 4.42 Å². The smallest absolute Gasteiger partial charge is 0.134 e. The minimum atomic E-state index is 0.955. The number of rotatable bonds is 6. The molecular formula is C27H26O. The van der Waals surface area contributed by atoms with Crippen LogP contribution in [0.1, 0.15) is 44.6 Å². The van der Waals surface area contributed by atoms with Crippen LogP contribution >= 0.6 is 0 Å². The Labute approximate surface area is 166 Å². The summed E-state index contributed by atoms with van der Waals surface area (Å²) in [4.78, 5) is 0. The van der Waals surface area contributed by atoms with Crippen LogP contribution in [-0.2, 0) is 6.42 Å². The third-order valence-corrected chi connectivity index (χ3v) is 6.04. The van der Waals surface area contributed by atoms with Gasteiger partial charge in [0.2, 0.25) is 0 Å². The Balaban J connectivity index is 1.54. The van der Waals surface area contributed by atoms with Crippen LogP contribution in [0.2, 0.25) is 0 Å². The maximum absolute atomic E-state index is 5.58. The lowest BCUT2D eigenvalue weighted by Crippen LogP contribution is -1.87. The van der Waals surface area contributed by atoms with Crippen molar-refractivity contribution in [2.45, 2.75) is 45.4 Å². The molecule has 0 aliphatic heterocycles. The van der Waals surface area contributed by atoms with E-state index in [1.165, 1.54) is 81.8 Å². The Bertz CT molecular complexity index is 1280. The fourth-order valence-electron chi connectivity index (χ4n) is 4.48. The summed E-state index contributed by atoms with van der Waals surface area (Å²) < 4.78 is 5.58. The van der Waals surface area contributed by atoms with Crippen LogP contribution < -0.4 is 0 Å².